The third-order valence-corrected chi connectivity index (χ3v) is 0. The molecule has 0 aromatic rings. The SMILES string of the molecule is [Fe].[MgH2].[Ni].[SiH4]. The minimum Gasteiger partial charge on any atom is -0.0149 e. The summed E-state index contributed by atoms with van der Waals surface area (Å²) in [4.78, 5) is 0. The van der Waals surface area contributed by atoms with E-state index in [9.17, 15) is 0 Å². The van der Waals surface area contributed by atoms with E-state index < -0.39 is 0 Å². The van der Waals surface area contributed by atoms with Gasteiger partial charge in [-0.1, -0.05) is 0 Å². The van der Waals surface area contributed by atoms with Crippen molar-refractivity contribution < 1.29 is 33.6 Å². The fourth-order valence-electron chi connectivity index (χ4n) is 0. The van der Waals surface area contributed by atoms with Crippen LogP contribution in [0.2, 0.25) is 0 Å². The molecular weight excluding hydrogens is 167 g/mol. The first-order chi connectivity index (χ1) is 0. The molecule has 0 amide bonds. The smallest absolute Gasteiger partial charge is 0.0149 e. The van der Waals surface area contributed by atoms with Crippen LogP contribution >= 0.6 is 0 Å². The molecule has 0 saturated heterocycles. The molecular formula is H6FeMgNiSi. The van der Waals surface area contributed by atoms with E-state index >= 15 is 0 Å². The predicted molar refractivity (Wildman–Crippen MR) is 19.9 cm³/mol. The van der Waals surface area contributed by atoms with Crippen LogP contribution in [-0.2, 0) is 33.6 Å². The van der Waals surface area contributed by atoms with Gasteiger partial charge in [-0.25, -0.2) is 0 Å². The maximum atomic E-state index is 0. The maximum Gasteiger partial charge on any atom is 0.316 e. The number of hydrogen-bond acceptors (Lipinski definition) is 0. The fraction of sp³-hybridized carbons (Fsp3) is 0. The van der Waals surface area contributed by atoms with Crippen molar-refractivity contribution in [3.05, 3.63) is 0 Å². The average molecular weight is 173 g/mol. The van der Waals surface area contributed by atoms with E-state index in [1.165, 1.54) is 0 Å². The Morgan fingerprint density at radius 2 is 1.00 bits per heavy atom. The molecule has 0 aliphatic heterocycles. The molecule has 4 heteroatoms. The van der Waals surface area contributed by atoms with E-state index in [0.717, 1.165) is 0 Å². The standard InChI is InChI=1S/Fe.Mg.Ni.H4Si.2H/h;;;1H4;;. The molecule has 0 saturated carbocycles. The Kier molecular flexibility index (Phi) is 188. The molecule has 0 aliphatic carbocycles. The molecule has 30 valence electrons. The van der Waals surface area contributed by atoms with Gasteiger partial charge in [0.2, 0.25) is 0 Å². The van der Waals surface area contributed by atoms with Gasteiger partial charge < -0.3 is 0 Å². The predicted octanol–water partition coefficient (Wildman–Crippen LogP) is -2.37. The van der Waals surface area contributed by atoms with E-state index in [-0.39, 0.29) is 67.6 Å². The van der Waals surface area contributed by atoms with Crippen molar-refractivity contribution >= 4 is 34.0 Å². The van der Waals surface area contributed by atoms with Gasteiger partial charge in [0.1, 0.15) is 0 Å². The third-order valence-electron chi connectivity index (χ3n) is 0. The van der Waals surface area contributed by atoms with E-state index in [0.29, 0.717) is 0 Å². The molecule has 0 nitrogen and oxygen atoms in total. The molecule has 0 aromatic carbocycles. The van der Waals surface area contributed by atoms with Gasteiger partial charge in [0.25, 0.3) is 0 Å². The summed E-state index contributed by atoms with van der Waals surface area (Å²) in [6, 6.07) is 0. The molecule has 0 aromatic heterocycles. The number of hydrogen-bond donors (Lipinski definition) is 0. The van der Waals surface area contributed by atoms with Crippen molar-refractivity contribution in [1.82, 2.24) is 0 Å². The molecule has 0 atom stereocenters. The quantitative estimate of drug-likeness (QED) is 0.359. The second-order valence-corrected chi connectivity index (χ2v) is 0. The Bertz CT molecular complexity index is 8.00. The summed E-state index contributed by atoms with van der Waals surface area (Å²) in [5.41, 5.74) is 0. The van der Waals surface area contributed by atoms with Crippen LogP contribution < -0.4 is 0 Å². The van der Waals surface area contributed by atoms with Crippen molar-refractivity contribution in [2.24, 2.45) is 0 Å². The summed E-state index contributed by atoms with van der Waals surface area (Å²) in [5, 5.41) is 0. The first kappa shape index (κ1) is 37.6. The first-order valence-electron chi connectivity index (χ1n) is 0. The summed E-state index contributed by atoms with van der Waals surface area (Å²) in [6.07, 6.45) is 0. The van der Waals surface area contributed by atoms with Crippen molar-refractivity contribution in [2.45, 2.75) is 0 Å². The zero-order valence-electron chi connectivity index (χ0n) is 0.670. The largest absolute Gasteiger partial charge is 0.316 e. The van der Waals surface area contributed by atoms with Crippen LogP contribution in [0.3, 0.4) is 0 Å². The third kappa shape index (κ3) is 9.00. The second kappa shape index (κ2) is 20.0. The summed E-state index contributed by atoms with van der Waals surface area (Å²) in [5.74, 6) is 0. The normalized spacial score (nSPS) is 0. The monoisotopic (exact) mass is 172 g/mol. The minimum atomic E-state index is 0. The maximum absolute atomic E-state index is 0. The molecule has 0 rings (SSSR count). The van der Waals surface area contributed by atoms with Crippen LogP contribution in [0.15, 0.2) is 0 Å². The van der Waals surface area contributed by atoms with Crippen molar-refractivity contribution in [1.29, 1.82) is 0 Å². The van der Waals surface area contributed by atoms with E-state index in [2.05, 4.69) is 0 Å². The molecule has 0 heterocycles. The Morgan fingerprint density at radius 3 is 1.00 bits per heavy atom. The molecule has 4 heavy (non-hydrogen) atoms. The van der Waals surface area contributed by atoms with Gasteiger partial charge in [-0.3, -0.25) is 0 Å². The van der Waals surface area contributed by atoms with E-state index in [1.807, 2.05) is 0 Å². The van der Waals surface area contributed by atoms with Gasteiger partial charge in [0.15, 0.2) is 0 Å². The van der Waals surface area contributed by atoms with Gasteiger partial charge in [-0.05, 0) is 11.0 Å². The molecule has 0 spiro atoms. The van der Waals surface area contributed by atoms with E-state index in [1.54, 1.807) is 0 Å². The zero-order chi connectivity index (χ0) is 0. The topological polar surface area (TPSA) is 0 Å². The molecule has 0 fully saturated rings. The summed E-state index contributed by atoms with van der Waals surface area (Å²) in [6.45, 7) is 0. The van der Waals surface area contributed by atoms with Crippen LogP contribution in [0.25, 0.3) is 0 Å². The van der Waals surface area contributed by atoms with Crippen LogP contribution in [-0.4, -0.2) is 34.0 Å². The van der Waals surface area contributed by atoms with Gasteiger partial charge in [-0.2, -0.15) is 0 Å². The zero-order valence-corrected chi connectivity index (χ0v) is 2.76. The summed E-state index contributed by atoms with van der Waals surface area (Å²) >= 11 is 0. The Balaban J connectivity index is 0. The average Bonchev–Trinajstić information content (AvgIpc) is 0. The van der Waals surface area contributed by atoms with Crippen molar-refractivity contribution in [3.63, 3.8) is 0 Å². The summed E-state index contributed by atoms with van der Waals surface area (Å²) in [7, 11) is 0. The van der Waals surface area contributed by atoms with Crippen LogP contribution in [0.4, 0.5) is 0 Å². The van der Waals surface area contributed by atoms with Crippen molar-refractivity contribution in [2.75, 3.05) is 0 Å². The Labute approximate surface area is 67.1 Å². The first-order valence-corrected chi connectivity index (χ1v) is 0. The molecule has 0 radical (unpaired) electrons. The van der Waals surface area contributed by atoms with Crippen molar-refractivity contribution in [3.8, 4) is 0 Å². The second-order valence-electron chi connectivity index (χ2n) is 0. The summed E-state index contributed by atoms with van der Waals surface area (Å²) < 4.78 is 0. The Hall–Kier alpha value is 2.00. The van der Waals surface area contributed by atoms with Gasteiger partial charge >= 0.3 is 23.1 Å². The Morgan fingerprint density at radius 1 is 1.00 bits per heavy atom. The van der Waals surface area contributed by atoms with Gasteiger partial charge in [0.05, 0.1) is 0 Å². The molecule has 0 N–H and O–H groups in total. The minimum absolute atomic E-state index is 0. The molecule has 0 bridgehead atoms. The van der Waals surface area contributed by atoms with Gasteiger partial charge in [0, 0.05) is 33.6 Å². The fourth-order valence-corrected chi connectivity index (χ4v) is 0. The molecule has 0 aliphatic rings. The van der Waals surface area contributed by atoms with Crippen LogP contribution in [0.5, 0.6) is 0 Å². The van der Waals surface area contributed by atoms with Crippen LogP contribution in [0, 0.1) is 0 Å². The molecule has 0 unspecified atom stereocenters. The van der Waals surface area contributed by atoms with Crippen LogP contribution in [0.1, 0.15) is 0 Å². The van der Waals surface area contributed by atoms with Gasteiger partial charge in [-0.15, -0.1) is 0 Å². The van der Waals surface area contributed by atoms with E-state index in [4.69, 9.17) is 0 Å². The number of rotatable bonds is 0.